The molecular formula is C21H22N2O3S. The molecule has 0 spiro atoms. The maximum Gasteiger partial charge on any atom is 0.306 e. The van der Waals surface area contributed by atoms with E-state index in [0.717, 1.165) is 37.7 Å². The van der Waals surface area contributed by atoms with Crippen LogP contribution in [0.1, 0.15) is 42.7 Å². The number of aromatic nitrogens is 1. The predicted molar refractivity (Wildman–Crippen MR) is 105 cm³/mol. The fraction of sp³-hybridized carbons (Fsp3) is 0.381. The van der Waals surface area contributed by atoms with Crippen molar-refractivity contribution in [1.82, 2.24) is 4.98 Å². The second-order valence-electron chi connectivity index (χ2n) is 7.27. The molecule has 1 amide bonds. The van der Waals surface area contributed by atoms with Crippen LogP contribution in [-0.4, -0.2) is 27.2 Å². The third-order valence-corrected chi connectivity index (χ3v) is 6.84. The molecule has 5 nitrogen and oxygen atoms in total. The molecule has 4 rings (SSSR count). The number of fused-ring (bicyclic) bond motifs is 1. The van der Waals surface area contributed by atoms with E-state index in [-0.39, 0.29) is 17.1 Å². The summed E-state index contributed by atoms with van der Waals surface area (Å²) >= 11 is 1.60. The third-order valence-electron chi connectivity index (χ3n) is 5.53. The highest BCUT2D eigenvalue weighted by atomic mass is 32.2. The molecule has 2 aromatic rings. The summed E-state index contributed by atoms with van der Waals surface area (Å²) in [5.41, 5.74) is 2.35. The summed E-state index contributed by atoms with van der Waals surface area (Å²) < 4.78 is 0. The number of amides is 1. The maximum absolute atomic E-state index is 12.5. The Labute approximate surface area is 162 Å². The molecule has 1 aromatic heterocycles. The van der Waals surface area contributed by atoms with Crippen LogP contribution >= 0.6 is 11.8 Å². The predicted octanol–water partition coefficient (Wildman–Crippen LogP) is 4.10. The van der Waals surface area contributed by atoms with E-state index in [1.165, 1.54) is 10.5 Å². The van der Waals surface area contributed by atoms with Crippen LogP contribution in [0.2, 0.25) is 0 Å². The van der Waals surface area contributed by atoms with Gasteiger partial charge in [-0.2, -0.15) is 0 Å². The van der Waals surface area contributed by atoms with Gasteiger partial charge in [0.2, 0.25) is 5.91 Å². The molecular weight excluding hydrogens is 360 g/mol. The third kappa shape index (κ3) is 4.00. The topological polar surface area (TPSA) is 79.3 Å². The van der Waals surface area contributed by atoms with Gasteiger partial charge in [-0.05, 0) is 61.3 Å². The molecule has 1 aliphatic carbocycles. The van der Waals surface area contributed by atoms with Crippen LogP contribution in [0, 0.1) is 5.92 Å². The number of thioether (sulfide) groups is 1. The summed E-state index contributed by atoms with van der Waals surface area (Å²) in [5.74, 6) is 0.0213. The number of pyridine rings is 1. The van der Waals surface area contributed by atoms with E-state index in [2.05, 4.69) is 22.4 Å². The van der Waals surface area contributed by atoms with Crippen LogP contribution in [0.3, 0.4) is 0 Å². The minimum absolute atomic E-state index is 0.0154. The molecule has 0 radical (unpaired) electrons. The summed E-state index contributed by atoms with van der Waals surface area (Å²) in [6.07, 6.45) is 5.76. The molecule has 1 saturated carbocycles. The highest BCUT2D eigenvalue weighted by Gasteiger charge is 2.29. The van der Waals surface area contributed by atoms with Gasteiger partial charge < -0.3 is 10.4 Å². The van der Waals surface area contributed by atoms with Crippen LogP contribution in [0.25, 0.3) is 0 Å². The molecule has 0 bridgehead atoms. The highest BCUT2D eigenvalue weighted by molar-refractivity contribution is 8.01. The molecule has 1 atom stereocenters. The number of carbonyl (C=O) groups is 2. The summed E-state index contributed by atoms with van der Waals surface area (Å²) in [4.78, 5) is 29.2. The van der Waals surface area contributed by atoms with Crippen LogP contribution in [0.15, 0.2) is 47.5 Å². The average molecular weight is 382 g/mol. The van der Waals surface area contributed by atoms with Crippen molar-refractivity contribution in [2.24, 2.45) is 5.92 Å². The molecule has 27 heavy (non-hydrogen) atoms. The molecule has 2 heterocycles. The fourth-order valence-electron chi connectivity index (χ4n) is 3.93. The SMILES string of the molecule is O=C(Nc1ccc([C@H]2CC[C@H](C(=O)O)CC2)cn1)C1Cc2ccccc2S1. The lowest BCUT2D eigenvalue weighted by molar-refractivity contribution is -0.142. The number of nitrogens with zero attached hydrogens (tertiary/aromatic N) is 1. The van der Waals surface area contributed by atoms with Gasteiger partial charge in [0.25, 0.3) is 0 Å². The fourth-order valence-corrected chi connectivity index (χ4v) is 5.12. The number of anilines is 1. The van der Waals surface area contributed by atoms with Crippen molar-refractivity contribution >= 4 is 29.5 Å². The van der Waals surface area contributed by atoms with Gasteiger partial charge in [-0.25, -0.2) is 4.98 Å². The van der Waals surface area contributed by atoms with E-state index in [1.807, 2.05) is 30.5 Å². The standard InChI is InChI=1S/C21H22N2O3S/c24-20(18-11-15-3-1-2-4-17(15)27-18)23-19-10-9-16(12-22-19)13-5-7-14(8-6-13)21(25)26/h1-4,9-10,12-14,18H,5-8,11H2,(H,25,26)(H,22,23,24)/t13-,14-,18?. The van der Waals surface area contributed by atoms with Crippen LogP contribution in [0.5, 0.6) is 0 Å². The van der Waals surface area contributed by atoms with Crippen molar-refractivity contribution < 1.29 is 14.7 Å². The summed E-state index contributed by atoms with van der Waals surface area (Å²) in [5, 5.41) is 11.9. The number of carboxylic acid groups (broad SMARTS) is 1. The van der Waals surface area contributed by atoms with E-state index in [1.54, 1.807) is 11.8 Å². The van der Waals surface area contributed by atoms with E-state index < -0.39 is 5.97 Å². The van der Waals surface area contributed by atoms with Gasteiger partial charge in [0.15, 0.2) is 0 Å². The summed E-state index contributed by atoms with van der Waals surface area (Å²) in [6.45, 7) is 0. The van der Waals surface area contributed by atoms with E-state index in [0.29, 0.717) is 11.7 Å². The molecule has 1 fully saturated rings. The molecule has 140 valence electrons. The van der Waals surface area contributed by atoms with Crippen LogP contribution in [-0.2, 0) is 16.0 Å². The lowest BCUT2D eigenvalue weighted by Crippen LogP contribution is -2.25. The smallest absolute Gasteiger partial charge is 0.306 e. The Morgan fingerprint density at radius 1 is 1.07 bits per heavy atom. The number of carboxylic acids is 1. The molecule has 0 saturated heterocycles. The van der Waals surface area contributed by atoms with Gasteiger partial charge in [-0.3, -0.25) is 9.59 Å². The highest BCUT2D eigenvalue weighted by Crippen LogP contribution is 2.38. The number of hydrogen-bond donors (Lipinski definition) is 2. The number of benzene rings is 1. The Morgan fingerprint density at radius 2 is 1.85 bits per heavy atom. The van der Waals surface area contributed by atoms with E-state index >= 15 is 0 Å². The summed E-state index contributed by atoms with van der Waals surface area (Å²) in [6, 6.07) is 12.0. The molecule has 6 heteroatoms. The monoisotopic (exact) mass is 382 g/mol. The van der Waals surface area contributed by atoms with Crippen molar-refractivity contribution in [3.8, 4) is 0 Å². The number of nitrogens with one attached hydrogen (secondary N) is 1. The second-order valence-corrected chi connectivity index (χ2v) is 8.52. The molecule has 2 aliphatic rings. The van der Waals surface area contributed by atoms with Gasteiger partial charge >= 0.3 is 5.97 Å². The number of carbonyl (C=O) groups excluding carboxylic acids is 1. The zero-order chi connectivity index (χ0) is 18.8. The average Bonchev–Trinajstić information content (AvgIpc) is 3.13. The van der Waals surface area contributed by atoms with Crippen molar-refractivity contribution in [3.63, 3.8) is 0 Å². The Balaban J connectivity index is 1.33. The van der Waals surface area contributed by atoms with Gasteiger partial charge in [-0.15, -0.1) is 11.8 Å². The first-order chi connectivity index (χ1) is 13.1. The van der Waals surface area contributed by atoms with Crippen LogP contribution in [0.4, 0.5) is 5.82 Å². The number of hydrogen-bond acceptors (Lipinski definition) is 4. The summed E-state index contributed by atoms with van der Waals surface area (Å²) in [7, 11) is 0. The molecule has 2 N–H and O–H groups in total. The zero-order valence-corrected chi connectivity index (χ0v) is 15.7. The normalized spacial score (nSPS) is 24.2. The molecule has 1 unspecified atom stereocenters. The minimum Gasteiger partial charge on any atom is -0.481 e. The maximum atomic E-state index is 12.5. The van der Waals surface area contributed by atoms with Crippen molar-refractivity contribution in [2.75, 3.05) is 5.32 Å². The van der Waals surface area contributed by atoms with Crippen molar-refractivity contribution in [1.29, 1.82) is 0 Å². The van der Waals surface area contributed by atoms with E-state index in [4.69, 9.17) is 5.11 Å². The Morgan fingerprint density at radius 3 is 2.52 bits per heavy atom. The quantitative estimate of drug-likeness (QED) is 0.832. The van der Waals surface area contributed by atoms with Gasteiger partial charge in [0, 0.05) is 11.1 Å². The van der Waals surface area contributed by atoms with Crippen LogP contribution < -0.4 is 5.32 Å². The first-order valence-electron chi connectivity index (χ1n) is 9.34. The Bertz CT molecular complexity index is 820. The number of aliphatic carboxylic acids is 1. The molecule has 1 aromatic carbocycles. The Kier molecular flexibility index (Phi) is 5.16. The first kappa shape index (κ1) is 18.0. The lowest BCUT2D eigenvalue weighted by atomic mass is 9.79. The van der Waals surface area contributed by atoms with E-state index in [9.17, 15) is 9.59 Å². The number of rotatable bonds is 4. The minimum atomic E-state index is -0.684. The van der Waals surface area contributed by atoms with Crippen molar-refractivity contribution in [2.45, 2.75) is 48.2 Å². The second kappa shape index (κ2) is 7.72. The van der Waals surface area contributed by atoms with Gasteiger partial charge in [0.05, 0.1) is 11.2 Å². The first-order valence-corrected chi connectivity index (χ1v) is 10.2. The van der Waals surface area contributed by atoms with Gasteiger partial charge in [0.1, 0.15) is 5.82 Å². The zero-order valence-electron chi connectivity index (χ0n) is 14.9. The van der Waals surface area contributed by atoms with Crippen molar-refractivity contribution in [3.05, 3.63) is 53.7 Å². The Hall–Kier alpha value is -2.34. The largest absolute Gasteiger partial charge is 0.481 e. The molecule has 1 aliphatic heterocycles. The lowest BCUT2D eigenvalue weighted by Gasteiger charge is -2.26. The van der Waals surface area contributed by atoms with Gasteiger partial charge in [-0.1, -0.05) is 24.3 Å².